The van der Waals surface area contributed by atoms with Crippen molar-refractivity contribution in [1.82, 2.24) is 14.9 Å². The highest BCUT2D eigenvalue weighted by Crippen LogP contribution is 2.29. The molecule has 0 radical (unpaired) electrons. The van der Waals surface area contributed by atoms with E-state index in [2.05, 4.69) is 14.9 Å². The Kier molecular flexibility index (Phi) is 7.55. The second-order valence-electron chi connectivity index (χ2n) is 7.72. The maximum absolute atomic E-state index is 12.9. The molecule has 0 aliphatic rings. The molecule has 2 aromatic carbocycles. The van der Waals surface area contributed by atoms with E-state index in [9.17, 15) is 22.8 Å². The molecule has 3 aromatic rings. The quantitative estimate of drug-likeness (QED) is 0.531. The van der Waals surface area contributed by atoms with Crippen molar-refractivity contribution in [2.24, 2.45) is 0 Å². The number of nitrogens with one attached hydrogen (secondary N) is 2. The monoisotopic (exact) mass is 459 g/mol. The van der Waals surface area contributed by atoms with Gasteiger partial charge in [0.2, 0.25) is 0 Å². The van der Waals surface area contributed by atoms with Gasteiger partial charge in [0.05, 0.1) is 12.2 Å². The van der Waals surface area contributed by atoms with Gasteiger partial charge in [-0.05, 0) is 68.1 Å². The van der Waals surface area contributed by atoms with Crippen molar-refractivity contribution in [2.75, 3.05) is 27.2 Å². The molecule has 0 aliphatic heterocycles. The summed E-state index contributed by atoms with van der Waals surface area (Å²) >= 11 is 0. The Morgan fingerprint density at radius 2 is 1.52 bits per heavy atom. The van der Waals surface area contributed by atoms with E-state index in [-0.39, 0.29) is 16.3 Å². The van der Waals surface area contributed by atoms with Crippen LogP contribution in [0.4, 0.5) is 13.2 Å². The first-order valence-corrected chi connectivity index (χ1v) is 10.2. The lowest BCUT2D eigenvalue weighted by atomic mass is 10.1. The fraction of sp³-hybridized carbons (Fsp3) is 0.250. The van der Waals surface area contributed by atoms with E-state index < -0.39 is 22.9 Å². The van der Waals surface area contributed by atoms with Gasteiger partial charge in [-0.1, -0.05) is 24.3 Å². The van der Waals surface area contributed by atoms with Gasteiger partial charge in [-0.2, -0.15) is 13.2 Å². The van der Waals surface area contributed by atoms with E-state index in [1.807, 2.05) is 14.1 Å². The Hall–Kier alpha value is -3.59. The molecule has 2 N–H and O–H groups in total. The summed E-state index contributed by atoms with van der Waals surface area (Å²) in [5.41, 5.74) is -1.23. The zero-order valence-electron chi connectivity index (χ0n) is 18.2. The van der Waals surface area contributed by atoms with Crippen LogP contribution in [0, 0.1) is 0 Å². The van der Waals surface area contributed by atoms with Crippen LogP contribution >= 0.6 is 0 Å². The van der Waals surface area contributed by atoms with Crippen LogP contribution in [0.25, 0.3) is 12.2 Å². The van der Waals surface area contributed by atoms with Crippen molar-refractivity contribution in [1.29, 1.82) is 0 Å². The lowest BCUT2D eigenvalue weighted by Crippen LogP contribution is -2.46. The molecule has 0 unspecified atom stereocenters. The van der Waals surface area contributed by atoms with Crippen LogP contribution in [0.1, 0.15) is 23.1 Å². The van der Waals surface area contributed by atoms with Gasteiger partial charge < -0.3 is 19.6 Å². The average molecular weight is 459 g/mol. The summed E-state index contributed by atoms with van der Waals surface area (Å²) < 4.78 is 44.3. The van der Waals surface area contributed by atoms with Crippen molar-refractivity contribution in [3.63, 3.8) is 0 Å². The maximum Gasteiger partial charge on any atom is 0.416 e. The highest BCUT2D eigenvalue weighted by Gasteiger charge is 2.30. The smallest absolute Gasteiger partial charge is 0.416 e. The second-order valence-corrected chi connectivity index (χ2v) is 7.72. The first-order valence-electron chi connectivity index (χ1n) is 10.2. The van der Waals surface area contributed by atoms with E-state index in [1.165, 1.54) is 24.3 Å². The molecule has 3 rings (SSSR count). The number of ether oxygens (including phenoxy) is 1. The molecular weight excluding hydrogens is 435 g/mol. The molecular formula is C24H24F3N3O3. The summed E-state index contributed by atoms with van der Waals surface area (Å²) in [6, 6.07) is 11.5. The predicted molar refractivity (Wildman–Crippen MR) is 121 cm³/mol. The summed E-state index contributed by atoms with van der Waals surface area (Å²) in [4.78, 5) is 31.8. The number of rotatable bonds is 7. The summed E-state index contributed by atoms with van der Waals surface area (Å²) in [7, 11) is 3.99. The van der Waals surface area contributed by atoms with Crippen molar-refractivity contribution < 1.29 is 17.9 Å². The van der Waals surface area contributed by atoms with Crippen LogP contribution in [-0.4, -0.2) is 42.1 Å². The van der Waals surface area contributed by atoms with Crippen molar-refractivity contribution >= 4 is 12.2 Å². The van der Waals surface area contributed by atoms with E-state index >= 15 is 0 Å². The van der Waals surface area contributed by atoms with Gasteiger partial charge in [-0.25, -0.2) is 0 Å². The fourth-order valence-corrected chi connectivity index (χ4v) is 3.07. The average Bonchev–Trinajstić information content (AvgIpc) is 2.75. The minimum absolute atomic E-state index is 0.0286. The Labute approximate surface area is 187 Å². The molecule has 174 valence electrons. The van der Waals surface area contributed by atoms with Gasteiger partial charge in [0.25, 0.3) is 11.1 Å². The first-order chi connectivity index (χ1) is 15.6. The second kappa shape index (κ2) is 10.4. The Balaban J connectivity index is 1.83. The standard InChI is InChI=1S/C24H24F3N3O3/c1-30(2)11-4-12-33-19-9-7-16(8-10-19)14-20-22(31)29-21(23(32)28-20)15-17-5-3-6-18(13-17)24(25,26)27/h3,5-10,13-15H,4,11-12H2,1-2H3,(H,28,32)(H,29,31)/b20-14-,21-15-. The Bertz CT molecular complexity index is 1320. The lowest BCUT2D eigenvalue weighted by molar-refractivity contribution is -0.137. The zero-order valence-corrected chi connectivity index (χ0v) is 18.2. The van der Waals surface area contributed by atoms with Crippen LogP contribution in [0.5, 0.6) is 5.75 Å². The minimum Gasteiger partial charge on any atom is -0.494 e. The molecule has 1 aromatic heterocycles. The summed E-state index contributed by atoms with van der Waals surface area (Å²) in [5.74, 6) is 0.694. The van der Waals surface area contributed by atoms with Gasteiger partial charge >= 0.3 is 6.18 Å². The molecule has 0 fully saturated rings. The highest BCUT2D eigenvalue weighted by molar-refractivity contribution is 5.51. The molecule has 0 aliphatic carbocycles. The number of aromatic nitrogens is 2. The molecule has 0 saturated carbocycles. The van der Waals surface area contributed by atoms with Gasteiger partial charge in [-0.15, -0.1) is 0 Å². The van der Waals surface area contributed by atoms with Gasteiger partial charge in [0.15, 0.2) is 0 Å². The van der Waals surface area contributed by atoms with Crippen LogP contribution in [0.2, 0.25) is 0 Å². The molecule has 0 atom stereocenters. The first kappa shape index (κ1) is 24.1. The van der Waals surface area contributed by atoms with Crippen molar-refractivity contribution in [3.8, 4) is 5.75 Å². The zero-order chi connectivity index (χ0) is 24.0. The summed E-state index contributed by atoms with van der Waals surface area (Å²) in [5, 5.41) is -0.112. The van der Waals surface area contributed by atoms with E-state index in [1.54, 1.807) is 24.3 Å². The highest BCUT2D eigenvalue weighted by atomic mass is 19.4. The number of nitrogens with zero attached hydrogens (tertiary/aromatic N) is 1. The third kappa shape index (κ3) is 6.95. The third-order valence-corrected chi connectivity index (χ3v) is 4.72. The molecule has 0 bridgehead atoms. The molecule has 6 nitrogen and oxygen atoms in total. The van der Waals surface area contributed by atoms with E-state index in [0.29, 0.717) is 17.9 Å². The van der Waals surface area contributed by atoms with Crippen LogP contribution in [0.3, 0.4) is 0 Å². The lowest BCUT2D eigenvalue weighted by Gasteiger charge is -2.10. The molecule has 0 amide bonds. The maximum atomic E-state index is 12.9. The van der Waals surface area contributed by atoms with Gasteiger partial charge in [0.1, 0.15) is 16.4 Å². The number of H-pyrrole nitrogens is 2. The topological polar surface area (TPSA) is 78.2 Å². The number of benzene rings is 2. The fourth-order valence-electron chi connectivity index (χ4n) is 3.07. The largest absolute Gasteiger partial charge is 0.494 e. The summed E-state index contributed by atoms with van der Waals surface area (Å²) in [6.07, 6.45) is -0.914. The molecule has 0 saturated heterocycles. The molecule has 9 heteroatoms. The number of aromatic amines is 2. The van der Waals surface area contributed by atoms with E-state index in [0.717, 1.165) is 25.1 Å². The number of hydrogen-bond acceptors (Lipinski definition) is 4. The Morgan fingerprint density at radius 1 is 0.909 bits per heavy atom. The third-order valence-electron chi connectivity index (χ3n) is 4.72. The van der Waals surface area contributed by atoms with Crippen molar-refractivity contribution in [3.05, 3.63) is 96.6 Å². The summed E-state index contributed by atoms with van der Waals surface area (Å²) in [6.45, 7) is 1.50. The normalized spacial score (nSPS) is 13.0. The molecule has 33 heavy (non-hydrogen) atoms. The van der Waals surface area contributed by atoms with Crippen molar-refractivity contribution in [2.45, 2.75) is 12.6 Å². The number of hydrogen-bond donors (Lipinski definition) is 2. The number of alkyl halides is 3. The van der Waals surface area contributed by atoms with E-state index in [4.69, 9.17) is 4.74 Å². The van der Waals surface area contributed by atoms with Crippen LogP contribution in [0.15, 0.2) is 58.1 Å². The SMILES string of the molecule is CN(C)CCCOc1ccc(/C=c2\[nH]c(=O)/c(=C/c3cccc(C(F)(F)F)c3)[nH]c2=O)cc1. The van der Waals surface area contributed by atoms with Crippen LogP contribution < -0.4 is 26.6 Å². The van der Waals surface area contributed by atoms with Gasteiger partial charge in [-0.3, -0.25) is 9.59 Å². The number of halogens is 3. The predicted octanol–water partition coefficient (Wildman–Crippen LogP) is 2.07. The Morgan fingerprint density at radius 3 is 2.09 bits per heavy atom. The molecule has 1 heterocycles. The molecule has 0 spiro atoms. The minimum atomic E-state index is -4.50. The van der Waals surface area contributed by atoms with Crippen LogP contribution in [-0.2, 0) is 6.18 Å². The van der Waals surface area contributed by atoms with Gasteiger partial charge in [0, 0.05) is 6.54 Å².